The quantitative estimate of drug-likeness (QED) is 0.627. The molecular weight excluding hydrogens is 206 g/mol. The SMILES string of the molecule is COC(=O)c1cccc(N)c1OCC(C)C. The Hall–Kier alpha value is -1.71. The van der Waals surface area contributed by atoms with Crippen molar-refractivity contribution in [2.24, 2.45) is 5.92 Å². The van der Waals surface area contributed by atoms with E-state index in [9.17, 15) is 4.79 Å². The maximum atomic E-state index is 11.5. The van der Waals surface area contributed by atoms with E-state index in [0.29, 0.717) is 29.5 Å². The van der Waals surface area contributed by atoms with E-state index in [0.717, 1.165) is 0 Å². The summed E-state index contributed by atoms with van der Waals surface area (Å²) in [4.78, 5) is 11.5. The predicted molar refractivity (Wildman–Crippen MR) is 62.5 cm³/mol. The molecule has 16 heavy (non-hydrogen) atoms. The van der Waals surface area contributed by atoms with E-state index in [1.807, 2.05) is 13.8 Å². The first-order chi connectivity index (χ1) is 7.56. The number of methoxy groups -OCH3 is 1. The van der Waals surface area contributed by atoms with Crippen molar-refractivity contribution in [3.8, 4) is 5.75 Å². The van der Waals surface area contributed by atoms with Gasteiger partial charge >= 0.3 is 5.97 Å². The van der Waals surface area contributed by atoms with E-state index in [2.05, 4.69) is 4.74 Å². The van der Waals surface area contributed by atoms with E-state index < -0.39 is 5.97 Å². The van der Waals surface area contributed by atoms with Gasteiger partial charge in [0.15, 0.2) is 5.75 Å². The second-order valence-corrected chi connectivity index (χ2v) is 3.92. The molecule has 0 aliphatic rings. The highest BCUT2D eigenvalue weighted by molar-refractivity contribution is 5.94. The smallest absolute Gasteiger partial charge is 0.341 e. The molecule has 0 radical (unpaired) electrons. The zero-order chi connectivity index (χ0) is 12.1. The van der Waals surface area contributed by atoms with Crippen molar-refractivity contribution in [1.82, 2.24) is 0 Å². The maximum absolute atomic E-state index is 11.5. The molecule has 88 valence electrons. The summed E-state index contributed by atoms with van der Waals surface area (Å²) >= 11 is 0. The van der Waals surface area contributed by atoms with Gasteiger partial charge in [-0.25, -0.2) is 4.79 Å². The molecule has 0 bridgehead atoms. The number of para-hydroxylation sites is 1. The molecule has 4 nitrogen and oxygen atoms in total. The minimum atomic E-state index is -0.439. The molecule has 0 amide bonds. The van der Waals surface area contributed by atoms with Crippen LogP contribution in [0, 0.1) is 5.92 Å². The summed E-state index contributed by atoms with van der Waals surface area (Å²) in [5.74, 6) is 0.333. The van der Waals surface area contributed by atoms with Gasteiger partial charge in [-0.3, -0.25) is 0 Å². The summed E-state index contributed by atoms with van der Waals surface area (Å²) < 4.78 is 10.2. The van der Waals surface area contributed by atoms with E-state index in [1.165, 1.54) is 7.11 Å². The highest BCUT2D eigenvalue weighted by atomic mass is 16.5. The molecule has 0 spiro atoms. The number of hydrogen-bond donors (Lipinski definition) is 1. The number of hydrogen-bond acceptors (Lipinski definition) is 4. The summed E-state index contributed by atoms with van der Waals surface area (Å²) in [5.41, 5.74) is 6.58. The van der Waals surface area contributed by atoms with Crippen molar-refractivity contribution in [2.75, 3.05) is 19.5 Å². The molecule has 4 heteroatoms. The summed E-state index contributed by atoms with van der Waals surface area (Å²) in [7, 11) is 1.33. The lowest BCUT2D eigenvalue weighted by Gasteiger charge is -2.13. The fourth-order valence-corrected chi connectivity index (χ4v) is 1.24. The largest absolute Gasteiger partial charge is 0.490 e. The van der Waals surface area contributed by atoms with Crippen LogP contribution in [0.15, 0.2) is 18.2 Å². The number of ether oxygens (including phenoxy) is 2. The number of carbonyl (C=O) groups excluding carboxylic acids is 1. The molecule has 0 aliphatic heterocycles. The first kappa shape index (κ1) is 12.4. The maximum Gasteiger partial charge on any atom is 0.341 e. The number of nitrogens with two attached hydrogens (primary N) is 1. The summed E-state index contributed by atoms with van der Waals surface area (Å²) in [6, 6.07) is 5.03. The topological polar surface area (TPSA) is 61.5 Å². The monoisotopic (exact) mass is 223 g/mol. The number of esters is 1. The third kappa shape index (κ3) is 2.89. The van der Waals surface area contributed by atoms with Gasteiger partial charge in [0.1, 0.15) is 5.56 Å². The molecule has 1 rings (SSSR count). The average molecular weight is 223 g/mol. The van der Waals surface area contributed by atoms with Gasteiger partial charge in [0.05, 0.1) is 19.4 Å². The Morgan fingerprint density at radius 2 is 2.12 bits per heavy atom. The van der Waals surface area contributed by atoms with Gasteiger partial charge in [-0.2, -0.15) is 0 Å². The Morgan fingerprint density at radius 1 is 1.44 bits per heavy atom. The first-order valence-electron chi connectivity index (χ1n) is 5.15. The van der Waals surface area contributed by atoms with E-state index in [1.54, 1.807) is 18.2 Å². The van der Waals surface area contributed by atoms with Crippen LogP contribution in [0.5, 0.6) is 5.75 Å². The van der Waals surface area contributed by atoms with Crippen LogP contribution in [0.25, 0.3) is 0 Å². The Labute approximate surface area is 95.3 Å². The predicted octanol–water partition coefficient (Wildman–Crippen LogP) is 2.09. The Balaban J connectivity index is 2.99. The molecule has 1 aromatic carbocycles. The van der Waals surface area contributed by atoms with Crippen LogP contribution < -0.4 is 10.5 Å². The highest BCUT2D eigenvalue weighted by Crippen LogP contribution is 2.27. The molecule has 0 unspecified atom stereocenters. The zero-order valence-electron chi connectivity index (χ0n) is 9.82. The van der Waals surface area contributed by atoms with Crippen LogP contribution >= 0.6 is 0 Å². The summed E-state index contributed by atoms with van der Waals surface area (Å²) in [6.07, 6.45) is 0. The molecule has 0 fully saturated rings. The van der Waals surface area contributed by atoms with Crippen molar-refractivity contribution in [3.05, 3.63) is 23.8 Å². The van der Waals surface area contributed by atoms with Gasteiger partial charge in [-0.05, 0) is 18.1 Å². The minimum absolute atomic E-state index is 0.364. The number of nitrogen functional groups attached to an aromatic ring is 1. The Morgan fingerprint density at radius 3 is 2.69 bits per heavy atom. The van der Waals surface area contributed by atoms with E-state index in [-0.39, 0.29) is 0 Å². The molecule has 0 aliphatic carbocycles. The third-order valence-corrected chi connectivity index (χ3v) is 2.01. The molecular formula is C12H17NO3. The lowest BCUT2D eigenvalue weighted by molar-refractivity contribution is 0.0595. The van der Waals surface area contributed by atoms with Crippen molar-refractivity contribution in [1.29, 1.82) is 0 Å². The van der Waals surface area contributed by atoms with Crippen LogP contribution in [0.4, 0.5) is 5.69 Å². The zero-order valence-corrected chi connectivity index (χ0v) is 9.82. The number of carbonyl (C=O) groups is 1. The molecule has 0 atom stereocenters. The van der Waals surface area contributed by atoms with Crippen LogP contribution in [-0.4, -0.2) is 19.7 Å². The fourth-order valence-electron chi connectivity index (χ4n) is 1.24. The number of benzene rings is 1. The molecule has 0 heterocycles. The molecule has 2 N–H and O–H groups in total. The summed E-state index contributed by atoms with van der Waals surface area (Å²) in [6.45, 7) is 4.56. The van der Waals surface area contributed by atoms with Crippen molar-refractivity contribution in [2.45, 2.75) is 13.8 Å². The molecule has 0 aromatic heterocycles. The van der Waals surface area contributed by atoms with Gasteiger partial charge in [-0.15, -0.1) is 0 Å². The van der Waals surface area contributed by atoms with Crippen LogP contribution in [-0.2, 0) is 4.74 Å². The van der Waals surface area contributed by atoms with Gasteiger partial charge in [-0.1, -0.05) is 19.9 Å². The van der Waals surface area contributed by atoms with Crippen molar-refractivity contribution >= 4 is 11.7 Å². The Kier molecular flexibility index (Phi) is 4.17. The minimum Gasteiger partial charge on any atom is -0.490 e. The van der Waals surface area contributed by atoms with Crippen molar-refractivity contribution in [3.63, 3.8) is 0 Å². The molecule has 1 aromatic rings. The van der Waals surface area contributed by atoms with Crippen LogP contribution in [0.1, 0.15) is 24.2 Å². The number of anilines is 1. The second kappa shape index (κ2) is 5.39. The lowest BCUT2D eigenvalue weighted by Crippen LogP contribution is -2.11. The van der Waals surface area contributed by atoms with Crippen molar-refractivity contribution < 1.29 is 14.3 Å². The Bertz CT molecular complexity index is 375. The molecule has 0 saturated carbocycles. The van der Waals surface area contributed by atoms with Crippen LogP contribution in [0.2, 0.25) is 0 Å². The third-order valence-electron chi connectivity index (χ3n) is 2.01. The highest BCUT2D eigenvalue weighted by Gasteiger charge is 2.15. The van der Waals surface area contributed by atoms with Gasteiger partial charge < -0.3 is 15.2 Å². The van der Waals surface area contributed by atoms with Gasteiger partial charge in [0.2, 0.25) is 0 Å². The average Bonchev–Trinajstić information content (AvgIpc) is 2.25. The summed E-state index contributed by atoms with van der Waals surface area (Å²) in [5, 5.41) is 0. The lowest BCUT2D eigenvalue weighted by atomic mass is 10.1. The second-order valence-electron chi connectivity index (χ2n) is 3.92. The number of rotatable bonds is 4. The van der Waals surface area contributed by atoms with E-state index in [4.69, 9.17) is 10.5 Å². The normalized spacial score (nSPS) is 10.2. The van der Waals surface area contributed by atoms with Gasteiger partial charge in [0, 0.05) is 0 Å². The standard InChI is InChI=1S/C12H17NO3/c1-8(2)7-16-11-9(12(14)15-3)5-4-6-10(11)13/h4-6,8H,7,13H2,1-3H3. The molecule has 0 saturated heterocycles. The van der Waals surface area contributed by atoms with E-state index >= 15 is 0 Å². The van der Waals surface area contributed by atoms with Crippen LogP contribution in [0.3, 0.4) is 0 Å². The first-order valence-corrected chi connectivity index (χ1v) is 5.15. The van der Waals surface area contributed by atoms with Gasteiger partial charge in [0.25, 0.3) is 0 Å². The fraction of sp³-hybridized carbons (Fsp3) is 0.417.